The third-order valence-electron chi connectivity index (χ3n) is 4.71. The Morgan fingerprint density at radius 1 is 1.24 bits per heavy atom. The van der Waals surface area contributed by atoms with Gasteiger partial charge in [0.15, 0.2) is 5.41 Å². The number of alkyl halides is 1. The van der Waals surface area contributed by atoms with Gasteiger partial charge in [-0.05, 0) is 44.2 Å². The van der Waals surface area contributed by atoms with Gasteiger partial charge in [-0.1, -0.05) is 59.0 Å². The first-order valence-electron chi connectivity index (χ1n) is 8.51. The lowest BCUT2D eigenvalue weighted by Gasteiger charge is -2.25. The number of para-hydroxylation sites is 1. The van der Waals surface area contributed by atoms with Gasteiger partial charge in [-0.3, -0.25) is 0 Å². The van der Waals surface area contributed by atoms with E-state index < -0.39 is 5.41 Å². The Bertz CT molecular complexity index is 736. The summed E-state index contributed by atoms with van der Waals surface area (Å²) >= 11 is 2.37. The summed E-state index contributed by atoms with van der Waals surface area (Å²) in [4.78, 5) is 0. The Morgan fingerprint density at radius 2 is 1.96 bits per heavy atom. The van der Waals surface area contributed by atoms with E-state index in [1.165, 1.54) is 0 Å². The van der Waals surface area contributed by atoms with Crippen molar-refractivity contribution in [3.8, 4) is 17.9 Å². The largest absolute Gasteiger partial charge is 0.496 e. The molecule has 0 bridgehead atoms. The zero-order valence-corrected chi connectivity index (χ0v) is 16.9. The predicted molar refractivity (Wildman–Crippen MR) is 108 cm³/mol. The summed E-state index contributed by atoms with van der Waals surface area (Å²) in [7, 11) is 1.67. The molecule has 0 radical (unpaired) electrons. The summed E-state index contributed by atoms with van der Waals surface area (Å²) in [6.07, 6.45) is 10.6. The number of hydrogen-bond acceptors (Lipinski definition) is 3. The first-order valence-corrected chi connectivity index (χ1v) is 9.59. The third-order valence-corrected chi connectivity index (χ3v) is 5.65. The van der Waals surface area contributed by atoms with Crippen LogP contribution < -0.4 is 4.74 Å². The lowest BCUT2D eigenvalue weighted by atomic mass is 9.75. The fraction of sp³-hybridized carbons (Fsp3) is 0.429. The van der Waals surface area contributed by atoms with Crippen LogP contribution in [0.3, 0.4) is 0 Å². The van der Waals surface area contributed by atoms with Crippen molar-refractivity contribution >= 4 is 22.6 Å². The monoisotopic (exact) mass is 446 g/mol. The topological polar surface area (TPSA) is 56.8 Å². The van der Waals surface area contributed by atoms with Crippen LogP contribution in [0.5, 0.6) is 5.75 Å². The molecule has 0 heterocycles. The van der Waals surface area contributed by atoms with Crippen LogP contribution in [0.1, 0.15) is 44.6 Å². The molecule has 0 saturated carbocycles. The van der Waals surface area contributed by atoms with Gasteiger partial charge in [-0.25, -0.2) is 0 Å². The van der Waals surface area contributed by atoms with E-state index in [0.717, 1.165) is 42.6 Å². The normalized spacial score (nSPS) is 17.2. The van der Waals surface area contributed by atoms with Crippen LogP contribution in [0.4, 0.5) is 0 Å². The second-order valence-electron chi connectivity index (χ2n) is 6.49. The fourth-order valence-electron chi connectivity index (χ4n) is 3.21. The van der Waals surface area contributed by atoms with E-state index in [0.29, 0.717) is 6.42 Å². The molecular formula is C21H23IN2O. The van der Waals surface area contributed by atoms with Crippen LogP contribution in [0, 0.1) is 28.1 Å². The Morgan fingerprint density at radius 3 is 2.56 bits per heavy atom. The van der Waals surface area contributed by atoms with E-state index in [1.807, 2.05) is 30.3 Å². The maximum absolute atomic E-state index is 9.69. The summed E-state index contributed by atoms with van der Waals surface area (Å²) in [5.74, 6) is 0.839. The second kappa shape index (κ2) is 8.54. The van der Waals surface area contributed by atoms with Gasteiger partial charge in [-0.15, -0.1) is 0 Å². The van der Waals surface area contributed by atoms with E-state index in [1.54, 1.807) is 7.11 Å². The third kappa shape index (κ3) is 4.44. The number of benzene rings is 1. The van der Waals surface area contributed by atoms with E-state index in [2.05, 4.69) is 53.8 Å². The highest BCUT2D eigenvalue weighted by Crippen LogP contribution is 2.41. The van der Waals surface area contributed by atoms with Gasteiger partial charge < -0.3 is 4.74 Å². The molecule has 130 valence electrons. The minimum Gasteiger partial charge on any atom is -0.496 e. The molecule has 0 saturated heterocycles. The molecular weight excluding hydrogens is 423 g/mol. The van der Waals surface area contributed by atoms with Crippen molar-refractivity contribution in [1.29, 1.82) is 10.5 Å². The minimum atomic E-state index is -1.04. The number of hydrogen-bond donors (Lipinski definition) is 0. The molecule has 25 heavy (non-hydrogen) atoms. The highest BCUT2D eigenvalue weighted by Gasteiger charge is 2.34. The number of allylic oxidation sites excluding steroid dienone is 4. The van der Waals surface area contributed by atoms with Gasteiger partial charge in [0.2, 0.25) is 0 Å². The molecule has 0 spiro atoms. The zero-order chi connectivity index (χ0) is 18.3. The van der Waals surface area contributed by atoms with Crippen LogP contribution >= 0.6 is 22.6 Å². The molecule has 1 aromatic carbocycles. The molecule has 0 aromatic heterocycles. The van der Waals surface area contributed by atoms with Crippen molar-refractivity contribution in [3.63, 3.8) is 0 Å². The molecule has 1 aromatic rings. The van der Waals surface area contributed by atoms with Crippen molar-refractivity contribution in [2.75, 3.05) is 7.11 Å². The summed E-state index contributed by atoms with van der Waals surface area (Å²) in [5.41, 5.74) is 1.02. The fourth-order valence-corrected chi connectivity index (χ4v) is 3.91. The molecule has 0 amide bonds. The van der Waals surface area contributed by atoms with Crippen molar-refractivity contribution in [2.45, 2.75) is 42.4 Å². The first-order chi connectivity index (χ1) is 12.0. The molecule has 1 atom stereocenters. The molecule has 2 rings (SSSR count). The predicted octanol–water partition coefficient (Wildman–Crippen LogP) is 5.83. The number of rotatable bonds is 6. The number of ether oxygens (including phenoxy) is 1. The quantitative estimate of drug-likeness (QED) is 0.314. The van der Waals surface area contributed by atoms with Crippen LogP contribution in [-0.2, 0) is 3.42 Å². The van der Waals surface area contributed by atoms with E-state index in [4.69, 9.17) is 4.74 Å². The van der Waals surface area contributed by atoms with Crippen molar-refractivity contribution < 1.29 is 4.74 Å². The standard InChI is InChI=1S/C21H23IN2O/c1-20(22,18-11-6-7-12-19(18)25-2)13-8-14-21(15-23,16-24)17-9-4-3-5-10-17/h6-9,11-13H,3-5,10,14H2,1-2H3/b13-8-/t20-/m1/s1. The first kappa shape index (κ1) is 19.5. The summed E-state index contributed by atoms with van der Waals surface area (Å²) in [6.45, 7) is 2.10. The van der Waals surface area contributed by atoms with E-state index >= 15 is 0 Å². The number of halogens is 1. The van der Waals surface area contributed by atoms with Crippen molar-refractivity contribution in [1.82, 2.24) is 0 Å². The molecule has 1 aliphatic rings. The molecule has 4 heteroatoms. The SMILES string of the molecule is COc1ccccc1[C@](C)(I)/C=C\CC(C#N)(C#N)C1=CCCCC1. The van der Waals surface area contributed by atoms with Crippen LogP contribution in [0.2, 0.25) is 0 Å². The van der Waals surface area contributed by atoms with Gasteiger partial charge in [0.1, 0.15) is 5.75 Å². The Kier molecular flexibility index (Phi) is 6.67. The van der Waals surface area contributed by atoms with Crippen LogP contribution in [0.25, 0.3) is 0 Å². The van der Waals surface area contributed by atoms with Gasteiger partial charge in [0, 0.05) is 12.0 Å². The maximum Gasteiger partial charge on any atom is 0.168 e. The zero-order valence-electron chi connectivity index (χ0n) is 14.8. The Hall–Kier alpha value is -1.79. The average Bonchev–Trinajstić information content (AvgIpc) is 2.66. The minimum absolute atomic E-state index is 0.276. The van der Waals surface area contributed by atoms with Crippen LogP contribution in [0.15, 0.2) is 48.1 Å². The Balaban J connectivity index is 2.24. The second-order valence-corrected chi connectivity index (χ2v) is 8.73. The number of nitrogens with zero attached hydrogens (tertiary/aromatic N) is 2. The highest BCUT2D eigenvalue weighted by atomic mass is 127. The van der Waals surface area contributed by atoms with Gasteiger partial charge in [-0.2, -0.15) is 10.5 Å². The van der Waals surface area contributed by atoms with Gasteiger partial charge >= 0.3 is 0 Å². The van der Waals surface area contributed by atoms with Crippen molar-refractivity contribution in [3.05, 3.63) is 53.6 Å². The van der Waals surface area contributed by atoms with Crippen molar-refractivity contribution in [2.24, 2.45) is 5.41 Å². The van der Waals surface area contributed by atoms with E-state index in [9.17, 15) is 10.5 Å². The van der Waals surface area contributed by atoms with Gasteiger partial charge in [0.25, 0.3) is 0 Å². The summed E-state index contributed by atoms with van der Waals surface area (Å²) < 4.78 is 5.19. The number of methoxy groups -OCH3 is 1. The lowest BCUT2D eigenvalue weighted by molar-refractivity contribution is 0.408. The highest BCUT2D eigenvalue weighted by molar-refractivity contribution is 14.1. The average molecular weight is 446 g/mol. The molecule has 0 fully saturated rings. The molecule has 1 aliphatic carbocycles. The summed E-state index contributed by atoms with van der Waals surface area (Å²) in [6, 6.07) is 12.5. The van der Waals surface area contributed by atoms with Crippen LogP contribution in [-0.4, -0.2) is 7.11 Å². The van der Waals surface area contributed by atoms with Gasteiger partial charge in [0.05, 0.1) is 22.7 Å². The molecule has 3 nitrogen and oxygen atoms in total. The van der Waals surface area contributed by atoms with E-state index in [-0.39, 0.29) is 3.42 Å². The molecule has 0 N–H and O–H groups in total. The molecule has 0 aliphatic heterocycles. The maximum atomic E-state index is 9.69. The molecule has 0 unspecified atom stereocenters. The summed E-state index contributed by atoms with van der Waals surface area (Å²) in [5, 5.41) is 19.4. The Labute approximate surface area is 164 Å². The lowest BCUT2D eigenvalue weighted by Crippen LogP contribution is -2.20. The smallest absolute Gasteiger partial charge is 0.168 e. The number of nitriles is 2.